The van der Waals surface area contributed by atoms with Crippen molar-refractivity contribution in [3.8, 4) is 0 Å². The number of nitrogens with one attached hydrogen (secondary N) is 1. The number of aromatic amines is 1. The van der Waals surface area contributed by atoms with Crippen LogP contribution in [0.25, 0.3) is 0 Å². The van der Waals surface area contributed by atoms with Gasteiger partial charge in [0.15, 0.2) is 0 Å². The Labute approximate surface area is 284 Å². The zero-order chi connectivity index (χ0) is 35.6. The number of aromatic nitrogens is 5. The van der Waals surface area contributed by atoms with E-state index in [1.54, 1.807) is 13.0 Å². The quantitative estimate of drug-likeness (QED) is 0.233. The smallest absolute Gasteiger partial charge is 0.330 e. The van der Waals surface area contributed by atoms with Crippen molar-refractivity contribution in [3.63, 3.8) is 0 Å². The Bertz CT molecular complexity index is 1740. The predicted molar refractivity (Wildman–Crippen MR) is 175 cm³/mol. The van der Waals surface area contributed by atoms with Crippen molar-refractivity contribution >= 4 is 11.8 Å². The van der Waals surface area contributed by atoms with E-state index in [1.807, 2.05) is 6.92 Å². The van der Waals surface area contributed by atoms with Crippen LogP contribution < -0.4 is 11.2 Å². The first-order valence-electron chi connectivity index (χ1n) is 17.3. The van der Waals surface area contributed by atoms with Crippen molar-refractivity contribution in [2.24, 2.45) is 34.0 Å². The zero-order valence-corrected chi connectivity index (χ0v) is 28.9. The number of rotatable bonds is 8. The summed E-state index contributed by atoms with van der Waals surface area (Å²) in [6.45, 7) is 13.6. The maximum absolute atomic E-state index is 13.6. The highest BCUT2D eigenvalue weighted by molar-refractivity contribution is 5.85. The van der Waals surface area contributed by atoms with Gasteiger partial charge in [-0.1, -0.05) is 39.0 Å². The normalized spacial score (nSPS) is 39.6. The van der Waals surface area contributed by atoms with Crippen molar-refractivity contribution in [3.05, 3.63) is 57.1 Å². The lowest BCUT2D eigenvalue weighted by molar-refractivity contribution is -0.207. The minimum Gasteiger partial charge on any atom is -0.460 e. The Morgan fingerprint density at radius 2 is 1.96 bits per heavy atom. The summed E-state index contributed by atoms with van der Waals surface area (Å²) < 4.78 is 14.6. The summed E-state index contributed by atoms with van der Waals surface area (Å²) >= 11 is 0. The Hall–Kier alpha value is -3.46. The number of ketones is 1. The molecule has 6 rings (SSSR count). The molecule has 0 spiro atoms. The maximum atomic E-state index is 13.6. The second-order valence-corrected chi connectivity index (χ2v) is 15.6. The summed E-state index contributed by atoms with van der Waals surface area (Å²) in [5.74, 6) is -0.748. The molecule has 4 fully saturated rings. The van der Waals surface area contributed by atoms with Crippen LogP contribution in [0.4, 0.5) is 0 Å². The highest BCUT2D eigenvalue weighted by Gasteiger charge is 2.68. The molecule has 2 bridgehead atoms. The van der Waals surface area contributed by atoms with E-state index < -0.39 is 64.8 Å². The molecule has 14 heteroatoms. The number of hydrogen-bond acceptors (Lipinski definition) is 11. The van der Waals surface area contributed by atoms with Crippen LogP contribution in [0.5, 0.6) is 0 Å². The molecule has 2 aromatic rings. The first-order valence-corrected chi connectivity index (χ1v) is 17.3. The van der Waals surface area contributed by atoms with Crippen molar-refractivity contribution in [2.45, 2.75) is 123 Å². The first kappa shape index (κ1) is 35.4. The standard InChI is InChI=1S/C35H49N5O9/c1-7-33(5)14-25(34(6)19(3)8-10-35(20(4)30(33)45)11-9-22(41)29(34)35)48-27(44)17-39-16-21(37-38-39)12-23(42)28-24(43)13-26(49-28)40-15-18(2)31(46)36-32(40)47/h7,15-16,19-20,23-26,28-30,42-43,45H,1,8-14,17H2,2-6H3,(H,36,46,47)/t19-,20+,23+,24+,25-,26-,28-,29-,30+,33-,34+,35+/m1/s1. The van der Waals surface area contributed by atoms with Crippen LogP contribution in [0.15, 0.2) is 34.6 Å². The molecule has 3 heterocycles. The lowest BCUT2D eigenvalue weighted by Gasteiger charge is -2.61. The Morgan fingerprint density at radius 3 is 2.67 bits per heavy atom. The molecule has 12 atom stereocenters. The predicted octanol–water partition coefficient (Wildman–Crippen LogP) is 1.60. The number of hydrogen-bond donors (Lipinski definition) is 4. The Kier molecular flexibility index (Phi) is 9.17. The number of ether oxygens (including phenoxy) is 2. The van der Waals surface area contributed by atoms with Crippen LogP contribution in [0, 0.1) is 40.9 Å². The van der Waals surface area contributed by atoms with Crippen LogP contribution >= 0.6 is 0 Å². The summed E-state index contributed by atoms with van der Waals surface area (Å²) in [5, 5.41) is 41.5. The molecule has 2 aromatic heterocycles. The SMILES string of the molecule is C=C[C@]1(C)C[C@@H](OC(=O)Cn2cc(C[C@H](O)[C@H]3O[C@@H](n4cc(C)c(=O)[nH]c4=O)C[C@@H]3O)nn2)[C@]2(C)[C@H](C)CC[C@]3(CCC(=O)[C@@H]32)[C@@H](C)[C@@H]1O. The monoisotopic (exact) mass is 683 g/mol. The fourth-order valence-corrected chi connectivity index (χ4v) is 9.66. The van der Waals surface area contributed by atoms with Gasteiger partial charge in [-0.2, -0.15) is 0 Å². The number of aryl methyl sites for hydroxylation is 1. The van der Waals surface area contributed by atoms with Crippen LogP contribution in [-0.2, 0) is 32.0 Å². The molecule has 4 aliphatic rings. The van der Waals surface area contributed by atoms with E-state index in [9.17, 15) is 34.5 Å². The van der Waals surface area contributed by atoms with Gasteiger partial charge in [0, 0.05) is 54.0 Å². The summed E-state index contributed by atoms with van der Waals surface area (Å²) in [7, 11) is 0. The Balaban J connectivity index is 1.16. The van der Waals surface area contributed by atoms with Gasteiger partial charge in [0.25, 0.3) is 5.56 Å². The molecule has 0 unspecified atom stereocenters. The lowest BCUT2D eigenvalue weighted by Crippen LogP contribution is -2.63. The number of aliphatic hydroxyl groups is 3. The van der Waals surface area contributed by atoms with E-state index in [-0.39, 0.29) is 48.3 Å². The Morgan fingerprint density at radius 1 is 1.22 bits per heavy atom. The highest BCUT2D eigenvalue weighted by atomic mass is 16.6. The van der Waals surface area contributed by atoms with Gasteiger partial charge in [0.05, 0.1) is 24.0 Å². The molecule has 14 nitrogen and oxygen atoms in total. The van der Waals surface area contributed by atoms with Gasteiger partial charge < -0.3 is 24.8 Å². The number of Topliss-reactive ketones (excluding diaryl/α,β-unsaturated/α-hetero) is 1. The van der Waals surface area contributed by atoms with Crippen LogP contribution in [0.1, 0.15) is 83.7 Å². The van der Waals surface area contributed by atoms with Crippen molar-refractivity contribution in [2.75, 3.05) is 0 Å². The van der Waals surface area contributed by atoms with Gasteiger partial charge in [-0.05, 0) is 49.9 Å². The van der Waals surface area contributed by atoms with E-state index in [4.69, 9.17) is 9.47 Å². The fourth-order valence-electron chi connectivity index (χ4n) is 9.66. The molecule has 268 valence electrons. The van der Waals surface area contributed by atoms with Crippen molar-refractivity contribution in [1.29, 1.82) is 0 Å². The molecule has 0 amide bonds. The summed E-state index contributed by atoms with van der Waals surface area (Å²) in [6.07, 6.45) is 2.13. The van der Waals surface area contributed by atoms with E-state index in [1.165, 1.54) is 21.6 Å². The van der Waals surface area contributed by atoms with Gasteiger partial charge >= 0.3 is 11.7 Å². The number of aliphatic hydroxyl groups excluding tert-OH is 3. The third kappa shape index (κ3) is 5.83. The van der Waals surface area contributed by atoms with E-state index >= 15 is 0 Å². The second-order valence-electron chi connectivity index (χ2n) is 15.6. The van der Waals surface area contributed by atoms with Crippen molar-refractivity contribution in [1.82, 2.24) is 24.5 Å². The van der Waals surface area contributed by atoms with Gasteiger partial charge in [-0.3, -0.25) is 23.9 Å². The number of carbonyl (C=O) groups is 2. The molecule has 3 saturated carbocycles. The second kappa shape index (κ2) is 12.7. The number of esters is 1. The van der Waals surface area contributed by atoms with E-state index in [2.05, 4.69) is 42.6 Å². The largest absolute Gasteiger partial charge is 0.460 e. The number of carbonyl (C=O) groups excluding carboxylic acids is 2. The van der Waals surface area contributed by atoms with E-state index in [0.29, 0.717) is 30.5 Å². The third-order valence-corrected chi connectivity index (χ3v) is 12.8. The first-order chi connectivity index (χ1) is 23.0. The minimum absolute atomic E-state index is 0.0266. The minimum atomic E-state index is -1.21. The molecule has 4 N–H and O–H groups in total. The van der Waals surface area contributed by atoms with Gasteiger partial charge in [-0.25, -0.2) is 9.48 Å². The lowest BCUT2D eigenvalue weighted by atomic mass is 9.44. The average Bonchev–Trinajstić information content (AvgIpc) is 3.76. The molecule has 0 aromatic carbocycles. The molecule has 0 radical (unpaired) electrons. The highest BCUT2D eigenvalue weighted by Crippen LogP contribution is 2.68. The van der Waals surface area contributed by atoms with Crippen LogP contribution in [-0.4, -0.2) is 82.1 Å². The topological polar surface area (TPSA) is 199 Å². The van der Waals surface area contributed by atoms with Gasteiger partial charge in [-0.15, -0.1) is 11.7 Å². The van der Waals surface area contributed by atoms with Gasteiger partial charge in [0.2, 0.25) is 0 Å². The average molecular weight is 684 g/mol. The van der Waals surface area contributed by atoms with E-state index in [0.717, 1.165) is 12.8 Å². The van der Waals surface area contributed by atoms with Crippen LogP contribution in [0.2, 0.25) is 0 Å². The molecular formula is C35H49N5O9. The zero-order valence-electron chi connectivity index (χ0n) is 28.9. The number of H-pyrrole nitrogens is 1. The summed E-state index contributed by atoms with van der Waals surface area (Å²) in [4.78, 5) is 53.5. The molecule has 3 aliphatic carbocycles. The summed E-state index contributed by atoms with van der Waals surface area (Å²) in [5.41, 5.74) is -2.32. The fraction of sp³-hybridized carbons (Fsp3) is 0.714. The molecule has 1 saturated heterocycles. The van der Waals surface area contributed by atoms with Crippen LogP contribution in [0.3, 0.4) is 0 Å². The van der Waals surface area contributed by atoms with Gasteiger partial charge in [0.1, 0.15) is 30.8 Å². The van der Waals surface area contributed by atoms with Crippen molar-refractivity contribution < 1.29 is 34.4 Å². The number of nitrogens with zero attached hydrogens (tertiary/aromatic N) is 4. The third-order valence-electron chi connectivity index (χ3n) is 12.8. The molecule has 1 aliphatic heterocycles. The molecular weight excluding hydrogens is 634 g/mol. The molecule has 49 heavy (non-hydrogen) atoms. The maximum Gasteiger partial charge on any atom is 0.330 e. The summed E-state index contributed by atoms with van der Waals surface area (Å²) in [6, 6.07) is 0.